The Balaban J connectivity index is 4.94. The largest absolute Gasteiger partial charge is 0.128 e. The molecule has 0 aliphatic carbocycles. The maximum Gasteiger partial charge on any atom is -0.000000000897 e. The van der Waals surface area contributed by atoms with Crippen LogP contribution < -0.4 is 0 Å². The maximum absolute atomic E-state index is 4.67. The third kappa shape index (κ3) is 9.67. The molecular formula is C2H6S7. The molecule has 0 saturated carbocycles. The zero-order valence-electron chi connectivity index (χ0n) is 4.86. The Hall–Kier alpha value is 1.67. The zero-order valence-corrected chi connectivity index (χ0v) is 10.6. The fourth-order valence-corrected chi connectivity index (χ4v) is 12.8. The van der Waals surface area contributed by atoms with Crippen LogP contribution in [0.1, 0.15) is 0 Å². The summed E-state index contributed by atoms with van der Waals surface area (Å²) in [7, 11) is 8.96. The molecule has 0 radical (unpaired) electrons. The fraction of sp³-hybridized carbons (Fsp3) is 1.00. The fourth-order valence-electron chi connectivity index (χ4n) is 0.0896. The molecule has 0 unspecified atom stereocenters. The topological polar surface area (TPSA) is 0 Å². The average molecular weight is 255 g/mol. The molecule has 0 bridgehead atoms. The van der Waals surface area contributed by atoms with Crippen LogP contribution in [0.5, 0.6) is 0 Å². The van der Waals surface area contributed by atoms with Gasteiger partial charge in [-0.1, -0.05) is 0 Å². The van der Waals surface area contributed by atoms with Gasteiger partial charge in [0.05, 0.1) is 0 Å². The Morgan fingerprint density at radius 3 is 2.22 bits per heavy atom. The third-order valence-corrected chi connectivity index (χ3v) is 12.7. The summed E-state index contributed by atoms with van der Waals surface area (Å²) < 4.78 is 0. The first-order valence-electron chi connectivity index (χ1n) is 1.82. The van der Waals surface area contributed by atoms with Crippen molar-refractivity contribution in [1.29, 1.82) is 0 Å². The van der Waals surface area contributed by atoms with Crippen molar-refractivity contribution in [3.8, 4) is 0 Å². The number of hydrogen-bond acceptors (Lipinski definition) is 1. The second kappa shape index (κ2) is 7.77. The van der Waals surface area contributed by atoms with Crippen LogP contribution >= 0.6 is 0 Å². The van der Waals surface area contributed by atoms with Crippen LogP contribution in [0, 0.1) is 0 Å². The Labute approximate surface area is 76.7 Å². The first-order valence-corrected chi connectivity index (χ1v) is 11.4. The Kier molecular flexibility index (Phi) is 9.22. The van der Waals surface area contributed by atoms with Crippen molar-refractivity contribution < 1.29 is 0 Å². The first kappa shape index (κ1) is 10.7. The second-order valence-corrected chi connectivity index (χ2v) is 13.4. The van der Waals surface area contributed by atoms with E-state index >= 15 is 0 Å². The quantitative estimate of drug-likeness (QED) is 0.600. The molecule has 0 nitrogen and oxygen atoms in total. The van der Waals surface area contributed by atoms with Crippen LogP contribution in [0.4, 0.5) is 0 Å². The monoisotopic (exact) mass is 254 g/mol. The molecule has 0 heterocycles. The molecule has 0 spiro atoms. The molecule has 0 amide bonds. The lowest BCUT2D eigenvalue weighted by molar-refractivity contribution is 2.35. The molecule has 0 aromatic rings. The van der Waals surface area contributed by atoms with Gasteiger partial charge in [0, 0.05) is 0 Å². The highest BCUT2D eigenvalue weighted by molar-refractivity contribution is 8.69. The van der Waals surface area contributed by atoms with E-state index in [0.717, 1.165) is 0 Å². The van der Waals surface area contributed by atoms with Crippen LogP contribution in [-0.2, 0) is 65.0 Å². The molecule has 56 valence electrons. The van der Waals surface area contributed by atoms with Gasteiger partial charge in [0.15, 0.2) is 0 Å². The van der Waals surface area contributed by atoms with E-state index in [4.69, 9.17) is 0 Å². The van der Waals surface area contributed by atoms with Crippen LogP contribution in [-0.4, -0.2) is 12.5 Å². The van der Waals surface area contributed by atoms with Crippen molar-refractivity contribution in [1.82, 2.24) is 0 Å². The van der Waals surface area contributed by atoms with Gasteiger partial charge in [-0.2, -0.15) is 0 Å². The lowest BCUT2D eigenvalue weighted by Crippen LogP contribution is -1.71. The molecule has 0 aromatic heterocycles. The normalized spacial score (nSPS) is 8.33. The summed E-state index contributed by atoms with van der Waals surface area (Å²) in [6, 6.07) is 0. The Bertz CT molecular complexity index is 266. The van der Waals surface area contributed by atoms with E-state index in [-0.39, 0.29) is 0 Å². The first-order chi connectivity index (χ1) is 4.27. The summed E-state index contributed by atoms with van der Waals surface area (Å²) >= 11 is 4.67. The highest BCUT2D eigenvalue weighted by Crippen LogP contribution is 1.57. The van der Waals surface area contributed by atoms with Crippen molar-refractivity contribution >= 4 is 65.0 Å². The van der Waals surface area contributed by atoms with Gasteiger partial charge in [-0.15, -0.1) is 9.45 Å². The minimum Gasteiger partial charge on any atom is -0.128 e. The van der Waals surface area contributed by atoms with E-state index in [1.54, 1.807) is 17.8 Å². The summed E-state index contributed by atoms with van der Waals surface area (Å²) in [5.41, 5.74) is 0. The van der Waals surface area contributed by atoms with Crippen LogP contribution in [0.3, 0.4) is 0 Å². The summed E-state index contributed by atoms with van der Waals surface area (Å²) in [5.74, 6) is 0. The van der Waals surface area contributed by atoms with Gasteiger partial charge in [-0.05, 0) is 68.1 Å². The van der Waals surface area contributed by atoms with Gasteiger partial charge in [-0.3, -0.25) is 0 Å². The standard InChI is InChI=1S/C2H6S7/c1-9(2)8-7-6-5-4-3/h1-2H3. The van der Waals surface area contributed by atoms with Crippen molar-refractivity contribution in [2.45, 2.75) is 0 Å². The molecule has 0 N–H and O–H groups in total. The van der Waals surface area contributed by atoms with Gasteiger partial charge in [0.2, 0.25) is 0 Å². The predicted octanol–water partition coefficient (Wildman–Crippen LogP) is 0.314. The predicted molar refractivity (Wildman–Crippen MR) is 63.4 cm³/mol. The lowest BCUT2D eigenvalue weighted by atomic mass is 11.9. The third-order valence-electron chi connectivity index (χ3n) is 0.247. The summed E-state index contributed by atoms with van der Waals surface area (Å²) in [6.07, 6.45) is 4.42. The van der Waals surface area contributed by atoms with Crippen molar-refractivity contribution in [2.24, 2.45) is 0 Å². The van der Waals surface area contributed by atoms with E-state index in [2.05, 4.69) is 23.7 Å². The van der Waals surface area contributed by atoms with E-state index < -0.39 is 0 Å². The Morgan fingerprint density at radius 1 is 1.11 bits per heavy atom. The molecule has 0 saturated heterocycles. The van der Waals surface area contributed by atoms with Crippen molar-refractivity contribution in [3.05, 3.63) is 0 Å². The van der Waals surface area contributed by atoms with Crippen LogP contribution in [0.2, 0.25) is 0 Å². The van der Waals surface area contributed by atoms with Gasteiger partial charge in [-0.25, -0.2) is 0 Å². The molecular weight excluding hydrogens is 248 g/mol. The second-order valence-electron chi connectivity index (χ2n) is 1.08. The van der Waals surface area contributed by atoms with E-state index in [1.807, 2.05) is 17.8 Å². The molecule has 0 aliphatic rings. The molecule has 0 aliphatic heterocycles. The molecule has 0 atom stereocenters. The Morgan fingerprint density at radius 2 is 1.78 bits per heavy atom. The van der Waals surface area contributed by atoms with E-state index in [1.165, 1.54) is 8.88 Å². The average Bonchev–Trinajstić information content (AvgIpc) is 1.80. The summed E-state index contributed by atoms with van der Waals surface area (Å²) in [5, 5.41) is 0. The minimum absolute atomic E-state index is 0.483. The van der Waals surface area contributed by atoms with Crippen LogP contribution in [0.15, 0.2) is 0 Å². The van der Waals surface area contributed by atoms with Gasteiger partial charge >= 0.3 is 0 Å². The molecule has 0 aromatic carbocycles. The summed E-state index contributed by atoms with van der Waals surface area (Å²) in [6.45, 7) is 0. The molecule has 0 rings (SSSR count). The maximum atomic E-state index is 4.67. The lowest BCUT2D eigenvalue weighted by Gasteiger charge is -1.70. The SMILES string of the molecule is CS(C)=S=S=S=S=S=S. The van der Waals surface area contributed by atoms with Crippen LogP contribution in [0.25, 0.3) is 0 Å². The van der Waals surface area contributed by atoms with Crippen molar-refractivity contribution in [3.63, 3.8) is 0 Å². The van der Waals surface area contributed by atoms with Crippen molar-refractivity contribution in [2.75, 3.05) is 12.5 Å². The number of rotatable bonds is 0. The minimum atomic E-state index is 0.483. The highest BCUT2D eigenvalue weighted by Gasteiger charge is 1.57. The summed E-state index contributed by atoms with van der Waals surface area (Å²) in [4.78, 5) is 0. The van der Waals surface area contributed by atoms with Gasteiger partial charge in [0.1, 0.15) is 0 Å². The van der Waals surface area contributed by atoms with E-state index in [0.29, 0.717) is 9.45 Å². The highest BCUT2D eigenvalue weighted by atomic mass is 33.4. The molecule has 7 heteroatoms. The van der Waals surface area contributed by atoms with E-state index in [9.17, 15) is 0 Å². The van der Waals surface area contributed by atoms with Gasteiger partial charge < -0.3 is 0 Å². The molecule has 0 fully saturated rings. The zero-order chi connectivity index (χ0) is 7.11. The smallest absolute Gasteiger partial charge is 0.000000000897 e. The number of hydrogen-bond donors (Lipinski definition) is 0. The van der Waals surface area contributed by atoms with Gasteiger partial charge in [0.25, 0.3) is 0 Å². The molecule has 9 heavy (non-hydrogen) atoms.